The summed E-state index contributed by atoms with van der Waals surface area (Å²) in [6.45, 7) is 1.25. The summed E-state index contributed by atoms with van der Waals surface area (Å²) in [5.41, 5.74) is 0.365. The van der Waals surface area contributed by atoms with Crippen molar-refractivity contribution in [3.05, 3.63) is 28.8 Å². The molecule has 0 aliphatic heterocycles. The molecule has 0 aliphatic rings. The van der Waals surface area contributed by atoms with Crippen LogP contribution >= 0.6 is 11.6 Å². The van der Waals surface area contributed by atoms with Gasteiger partial charge in [0.2, 0.25) is 10.0 Å². The highest BCUT2D eigenvalue weighted by Gasteiger charge is 2.21. The van der Waals surface area contributed by atoms with Crippen molar-refractivity contribution in [3.8, 4) is 12.1 Å². The summed E-state index contributed by atoms with van der Waals surface area (Å²) >= 11 is 5.79. The highest BCUT2D eigenvalue weighted by Crippen LogP contribution is 2.24. The first-order valence-corrected chi connectivity index (χ1v) is 6.44. The molecular formula is C10H8ClN3O2S. The van der Waals surface area contributed by atoms with Gasteiger partial charge in [-0.2, -0.15) is 10.5 Å². The molecule has 88 valence electrons. The van der Waals surface area contributed by atoms with Crippen molar-refractivity contribution >= 4 is 27.3 Å². The van der Waals surface area contributed by atoms with Crippen LogP contribution in [-0.4, -0.2) is 13.7 Å². The second-order valence-corrected chi connectivity index (χ2v) is 5.63. The van der Waals surface area contributed by atoms with Gasteiger partial charge in [-0.05, 0) is 25.1 Å². The molecule has 17 heavy (non-hydrogen) atoms. The lowest BCUT2D eigenvalue weighted by Crippen LogP contribution is -2.24. The summed E-state index contributed by atoms with van der Waals surface area (Å²) in [6, 6.07) is 7.67. The molecule has 1 unspecified atom stereocenters. The van der Waals surface area contributed by atoms with Gasteiger partial charge in [-0.15, -0.1) is 0 Å². The molecule has 0 heterocycles. The molecule has 0 bridgehead atoms. The van der Waals surface area contributed by atoms with Gasteiger partial charge in [0.15, 0.2) is 5.25 Å². The smallest absolute Gasteiger partial charge is 0.248 e. The Labute approximate surface area is 104 Å². The van der Waals surface area contributed by atoms with Crippen LogP contribution in [0.25, 0.3) is 0 Å². The van der Waals surface area contributed by atoms with Gasteiger partial charge in [0.1, 0.15) is 0 Å². The lowest BCUT2D eigenvalue weighted by molar-refractivity contribution is 0.597. The Hall–Kier alpha value is -1.76. The van der Waals surface area contributed by atoms with Crippen molar-refractivity contribution in [2.45, 2.75) is 12.2 Å². The van der Waals surface area contributed by atoms with E-state index in [4.69, 9.17) is 22.1 Å². The lowest BCUT2D eigenvalue weighted by atomic mass is 10.2. The first-order valence-electron chi connectivity index (χ1n) is 4.51. The summed E-state index contributed by atoms with van der Waals surface area (Å²) in [5.74, 6) is 0. The van der Waals surface area contributed by atoms with Gasteiger partial charge < -0.3 is 0 Å². The molecule has 0 fully saturated rings. The van der Waals surface area contributed by atoms with E-state index in [9.17, 15) is 8.42 Å². The van der Waals surface area contributed by atoms with Crippen molar-refractivity contribution < 1.29 is 8.42 Å². The van der Waals surface area contributed by atoms with E-state index in [1.807, 2.05) is 6.07 Å². The van der Waals surface area contributed by atoms with Crippen LogP contribution in [0.2, 0.25) is 5.02 Å². The van der Waals surface area contributed by atoms with Gasteiger partial charge in [-0.25, -0.2) is 8.42 Å². The molecule has 1 aromatic carbocycles. The first kappa shape index (κ1) is 13.3. The third-order valence-electron chi connectivity index (χ3n) is 1.99. The molecule has 1 aromatic rings. The number of anilines is 1. The maximum absolute atomic E-state index is 11.6. The van der Waals surface area contributed by atoms with E-state index < -0.39 is 15.3 Å². The maximum atomic E-state index is 11.6. The number of rotatable bonds is 3. The molecule has 0 aromatic heterocycles. The van der Waals surface area contributed by atoms with Crippen LogP contribution in [0.15, 0.2) is 18.2 Å². The Morgan fingerprint density at radius 2 is 2.06 bits per heavy atom. The van der Waals surface area contributed by atoms with Crippen molar-refractivity contribution in [2.75, 3.05) is 4.72 Å². The van der Waals surface area contributed by atoms with E-state index in [2.05, 4.69) is 4.72 Å². The number of nitriles is 2. The molecule has 1 rings (SSSR count). The average molecular weight is 270 g/mol. The molecule has 0 saturated heterocycles. The van der Waals surface area contributed by atoms with E-state index in [1.54, 1.807) is 6.07 Å². The molecule has 1 atom stereocenters. The second-order valence-electron chi connectivity index (χ2n) is 3.22. The van der Waals surface area contributed by atoms with Gasteiger partial charge >= 0.3 is 0 Å². The highest BCUT2D eigenvalue weighted by atomic mass is 35.5. The van der Waals surface area contributed by atoms with Crippen LogP contribution in [0, 0.1) is 22.7 Å². The summed E-state index contributed by atoms with van der Waals surface area (Å²) in [4.78, 5) is 0. The topological polar surface area (TPSA) is 93.8 Å². The number of nitrogens with one attached hydrogen (secondary N) is 1. The van der Waals surface area contributed by atoms with E-state index >= 15 is 0 Å². The Kier molecular flexibility index (Phi) is 3.95. The Morgan fingerprint density at radius 3 is 2.59 bits per heavy atom. The zero-order chi connectivity index (χ0) is 13.1. The number of sulfonamides is 1. The van der Waals surface area contributed by atoms with Crippen molar-refractivity contribution in [3.63, 3.8) is 0 Å². The molecule has 5 nitrogen and oxygen atoms in total. The minimum absolute atomic E-state index is 0.0906. The van der Waals surface area contributed by atoms with E-state index in [1.165, 1.54) is 25.1 Å². The molecule has 1 N–H and O–H groups in total. The second kappa shape index (κ2) is 5.05. The van der Waals surface area contributed by atoms with Crippen LogP contribution in [0.1, 0.15) is 12.5 Å². The largest absolute Gasteiger partial charge is 0.281 e. The summed E-state index contributed by atoms with van der Waals surface area (Å²) < 4.78 is 25.4. The molecule has 0 radical (unpaired) electrons. The lowest BCUT2D eigenvalue weighted by Gasteiger charge is -2.10. The third-order valence-corrected chi connectivity index (χ3v) is 3.87. The Bertz CT molecular complexity index is 613. The molecule has 7 heteroatoms. The molecule has 0 spiro atoms. The van der Waals surface area contributed by atoms with Crippen LogP contribution in [0.3, 0.4) is 0 Å². The monoisotopic (exact) mass is 269 g/mol. The predicted molar refractivity (Wildman–Crippen MR) is 63.8 cm³/mol. The molecular weight excluding hydrogens is 262 g/mol. The highest BCUT2D eigenvalue weighted by molar-refractivity contribution is 7.93. The standard InChI is InChI=1S/C10H8ClN3O2S/c1-7(5-12)17(15,16)14-10-4-8(6-13)2-3-9(10)11/h2-4,7,14H,1H3. The average Bonchev–Trinajstić information content (AvgIpc) is 2.30. The van der Waals surface area contributed by atoms with Crippen molar-refractivity contribution in [1.82, 2.24) is 0 Å². The minimum atomic E-state index is -3.82. The Morgan fingerprint density at radius 1 is 1.41 bits per heavy atom. The zero-order valence-electron chi connectivity index (χ0n) is 8.81. The fourth-order valence-electron chi connectivity index (χ4n) is 0.984. The fourth-order valence-corrected chi connectivity index (χ4v) is 2.00. The van der Waals surface area contributed by atoms with Crippen LogP contribution in [-0.2, 0) is 10.0 Å². The number of nitrogens with zero attached hydrogens (tertiary/aromatic N) is 2. The van der Waals surface area contributed by atoms with E-state index in [0.29, 0.717) is 0 Å². The number of hydrogen-bond acceptors (Lipinski definition) is 4. The SMILES string of the molecule is CC(C#N)S(=O)(=O)Nc1cc(C#N)ccc1Cl. The predicted octanol–water partition coefficient (Wildman–Crippen LogP) is 1.87. The zero-order valence-corrected chi connectivity index (χ0v) is 10.4. The van der Waals surface area contributed by atoms with Crippen LogP contribution < -0.4 is 4.72 Å². The van der Waals surface area contributed by atoms with Gasteiger partial charge in [0.25, 0.3) is 0 Å². The molecule has 0 saturated carbocycles. The van der Waals surface area contributed by atoms with Crippen LogP contribution in [0.5, 0.6) is 0 Å². The van der Waals surface area contributed by atoms with Gasteiger partial charge in [-0.1, -0.05) is 11.6 Å². The summed E-state index contributed by atoms with van der Waals surface area (Å²) in [5, 5.41) is 16.2. The number of hydrogen-bond donors (Lipinski definition) is 1. The molecule has 0 aliphatic carbocycles. The third kappa shape index (κ3) is 3.10. The molecule has 0 amide bonds. The first-order chi connectivity index (χ1) is 7.90. The van der Waals surface area contributed by atoms with E-state index in [0.717, 1.165) is 0 Å². The quantitative estimate of drug-likeness (QED) is 0.906. The van der Waals surface area contributed by atoms with Gasteiger partial charge in [0, 0.05) is 0 Å². The minimum Gasteiger partial charge on any atom is -0.281 e. The summed E-state index contributed by atoms with van der Waals surface area (Å²) in [6.07, 6.45) is 0. The number of halogens is 1. The summed E-state index contributed by atoms with van der Waals surface area (Å²) in [7, 11) is -3.82. The van der Waals surface area contributed by atoms with Crippen molar-refractivity contribution in [1.29, 1.82) is 10.5 Å². The maximum Gasteiger partial charge on any atom is 0.248 e. The van der Waals surface area contributed by atoms with Crippen molar-refractivity contribution in [2.24, 2.45) is 0 Å². The fraction of sp³-hybridized carbons (Fsp3) is 0.200. The number of benzene rings is 1. The van der Waals surface area contributed by atoms with Gasteiger partial charge in [-0.3, -0.25) is 4.72 Å². The normalized spacial score (nSPS) is 12.2. The van der Waals surface area contributed by atoms with Crippen LogP contribution in [0.4, 0.5) is 5.69 Å². The van der Waals surface area contributed by atoms with Gasteiger partial charge in [0.05, 0.1) is 28.4 Å². The Balaban J connectivity index is 3.13. The van der Waals surface area contributed by atoms with E-state index in [-0.39, 0.29) is 16.3 Å².